The lowest BCUT2D eigenvalue weighted by atomic mass is 10.2. The molecule has 1 heterocycles. The molecule has 70 valence electrons. The molecule has 0 saturated heterocycles. The van der Waals surface area contributed by atoms with E-state index in [2.05, 4.69) is 28.8 Å². The zero-order valence-electron chi connectivity index (χ0n) is 7.90. The van der Waals surface area contributed by atoms with Gasteiger partial charge >= 0.3 is 0 Å². The number of aromatic nitrogens is 2. The SMILES string of the molecule is C=CCC(C)NCc1cncnc1. The molecule has 3 nitrogen and oxygen atoms in total. The quantitative estimate of drug-likeness (QED) is 0.693. The van der Waals surface area contributed by atoms with E-state index in [-0.39, 0.29) is 0 Å². The van der Waals surface area contributed by atoms with Crippen molar-refractivity contribution in [1.82, 2.24) is 15.3 Å². The Balaban J connectivity index is 2.30. The van der Waals surface area contributed by atoms with Crippen molar-refractivity contribution in [2.24, 2.45) is 0 Å². The molecular weight excluding hydrogens is 162 g/mol. The van der Waals surface area contributed by atoms with Crippen LogP contribution in [-0.2, 0) is 6.54 Å². The van der Waals surface area contributed by atoms with E-state index in [0.717, 1.165) is 18.5 Å². The Morgan fingerprint density at radius 3 is 2.85 bits per heavy atom. The zero-order valence-corrected chi connectivity index (χ0v) is 7.90. The summed E-state index contributed by atoms with van der Waals surface area (Å²) in [6.07, 6.45) is 8.07. The van der Waals surface area contributed by atoms with Crippen molar-refractivity contribution in [3.8, 4) is 0 Å². The Morgan fingerprint density at radius 1 is 1.54 bits per heavy atom. The minimum Gasteiger partial charge on any atom is -0.310 e. The van der Waals surface area contributed by atoms with Crippen LogP contribution < -0.4 is 5.32 Å². The standard InChI is InChI=1S/C10H15N3/c1-3-4-9(2)13-7-10-5-11-8-12-6-10/h3,5-6,8-9,13H,1,4,7H2,2H3. The zero-order chi connectivity index (χ0) is 9.52. The lowest BCUT2D eigenvalue weighted by molar-refractivity contribution is 0.552. The van der Waals surface area contributed by atoms with Gasteiger partial charge in [-0.3, -0.25) is 0 Å². The van der Waals surface area contributed by atoms with Gasteiger partial charge in [-0.1, -0.05) is 6.08 Å². The van der Waals surface area contributed by atoms with E-state index >= 15 is 0 Å². The number of nitrogens with zero attached hydrogens (tertiary/aromatic N) is 2. The monoisotopic (exact) mass is 177 g/mol. The van der Waals surface area contributed by atoms with Crippen LogP contribution >= 0.6 is 0 Å². The Morgan fingerprint density at radius 2 is 2.23 bits per heavy atom. The van der Waals surface area contributed by atoms with Crippen molar-refractivity contribution in [2.75, 3.05) is 0 Å². The summed E-state index contributed by atoms with van der Waals surface area (Å²) in [6, 6.07) is 0.456. The summed E-state index contributed by atoms with van der Waals surface area (Å²) in [5.74, 6) is 0. The lowest BCUT2D eigenvalue weighted by Crippen LogP contribution is -2.24. The van der Waals surface area contributed by atoms with Gasteiger partial charge in [0.2, 0.25) is 0 Å². The predicted octanol–water partition coefficient (Wildman–Crippen LogP) is 1.53. The molecule has 0 aliphatic rings. The highest BCUT2D eigenvalue weighted by molar-refractivity contribution is 5.01. The van der Waals surface area contributed by atoms with Gasteiger partial charge in [0, 0.05) is 30.5 Å². The third-order valence-electron chi connectivity index (χ3n) is 1.79. The van der Waals surface area contributed by atoms with Crippen LogP contribution in [0.25, 0.3) is 0 Å². The minimum absolute atomic E-state index is 0.456. The predicted molar refractivity (Wildman–Crippen MR) is 53.1 cm³/mol. The molecule has 1 unspecified atom stereocenters. The maximum absolute atomic E-state index is 3.94. The molecule has 0 radical (unpaired) electrons. The van der Waals surface area contributed by atoms with Crippen LogP contribution in [0.15, 0.2) is 31.4 Å². The summed E-state index contributed by atoms with van der Waals surface area (Å²) < 4.78 is 0. The Hall–Kier alpha value is -1.22. The molecule has 0 spiro atoms. The van der Waals surface area contributed by atoms with E-state index in [1.54, 1.807) is 0 Å². The molecule has 0 bridgehead atoms. The molecule has 13 heavy (non-hydrogen) atoms. The fourth-order valence-electron chi connectivity index (χ4n) is 1.05. The first-order valence-electron chi connectivity index (χ1n) is 4.41. The molecule has 1 aromatic rings. The first kappa shape index (κ1) is 9.86. The van der Waals surface area contributed by atoms with Crippen LogP contribution in [0.1, 0.15) is 18.9 Å². The smallest absolute Gasteiger partial charge is 0.115 e. The van der Waals surface area contributed by atoms with Gasteiger partial charge in [-0.25, -0.2) is 9.97 Å². The average Bonchev–Trinajstić information content (AvgIpc) is 2.17. The molecule has 1 rings (SSSR count). The molecule has 0 amide bonds. The normalized spacial score (nSPS) is 12.4. The lowest BCUT2D eigenvalue weighted by Gasteiger charge is -2.10. The van der Waals surface area contributed by atoms with Crippen LogP contribution in [0, 0.1) is 0 Å². The maximum atomic E-state index is 3.94. The van der Waals surface area contributed by atoms with Crippen molar-refractivity contribution >= 4 is 0 Å². The second-order valence-corrected chi connectivity index (χ2v) is 3.05. The average molecular weight is 177 g/mol. The van der Waals surface area contributed by atoms with Crippen LogP contribution in [0.2, 0.25) is 0 Å². The summed E-state index contributed by atoms with van der Waals surface area (Å²) in [4.78, 5) is 7.87. The molecule has 1 atom stereocenters. The first-order chi connectivity index (χ1) is 6.33. The Kier molecular flexibility index (Phi) is 4.12. The van der Waals surface area contributed by atoms with Gasteiger partial charge in [0.1, 0.15) is 6.33 Å². The molecule has 3 heteroatoms. The summed E-state index contributed by atoms with van der Waals surface area (Å²) >= 11 is 0. The topological polar surface area (TPSA) is 37.8 Å². The molecule has 0 fully saturated rings. The molecule has 0 aliphatic heterocycles. The van der Waals surface area contributed by atoms with E-state index in [1.165, 1.54) is 6.33 Å². The third kappa shape index (κ3) is 3.80. The van der Waals surface area contributed by atoms with Crippen LogP contribution in [0.3, 0.4) is 0 Å². The largest absolute Gasteiger partial charge is 0.310 e. The molecule has 0 aliphatic carbocycles. The van der Waals surface area contributed by atoms with Crippen molar-refractivity contribution < 1.29 is 0 Å². The molecule has 1 aromatic heterocycles. The highest BCUT2D eigenvalue weighted by Gasteiger charge is 1.98. The van der Waals surface area contributed by atoms with Gasteiger partial charge in [-0.05, 0) is 13.3 Å². The highest BCUT2D eigenvalue weighted by Crippen LogP contribution is 1.96. The number of nitrogens with one attached hydrogen (secondary N) is 1. The molecule has 1 N–H and O–H groups in total. The van der Waals surface area contributed by atoms with Crippen LogP contribution in [0.4, 0.5) is 0 Å². The van der Waals surface area contributed by atoms with E-state index < -0.39 is 0 Å². The second-order valence-electron chi connectivity index (χ2n) is 3.05. The van der Waals surface area contributed by atoms with Crippen molar-refractivity contribution in [1.29, 1.82) is 0 Å². The van der Waals surface area contributed by atoms with Crippen molar-refractivity contribution in [3.63, 3.8) is 0 Å². The minimum atomic E-state index is 0.456. The van der Waals surface area contributed by atoms with Gasteiger partial charge in [0.15, 0.2) is 0 Å². The fourth-order valence-corrected chi connectivity index (χ4v) is 1.05. The summed E-state index contributed by atoms with van der Waals surface area (Å²) in [5.41, 5.74) is 1.11. The van der Waals surface area contributed by atoms with Gasteiger partial charge in [-0.2, -0.15) is 0 Å². The Bertz CT molecular complexity index is 246. The van der Waals surface area contributed by atoms with Crippen LogP contribution in [0.5, 0.6) is 0 Å². The number of rotatable bonds is 5. The first-order valence-corrected chi connectivity index (χ1v) is 4.41. The van der Waals surface area contributed by atoms with E-state index in [4.69, 9.17) is 0 Å². The van der Waals surface area contributed by atoms with Crippen molar-refractivity contribution in [3.05, 3.63) is 36.9 Å². The summed E-state index contributed by atoms with van der Waals surface area (Å²) in [6.45, 7) is 6.64. The van der Waals surface area contributed by atoms with Gasteiger partial charge < -0.3 is 5.32 Å². The summed E-state index contributed by atoms with van der Waals surface area (Å²) in [5, 5.41) is 3.35. The highest BCUT2D eigenvalue weighted by atomic mass is 14.9. The van der Waals surface area contributed by atoms with Gasteiger partial charge in [0.05, 0.1) is 0 Å². The van der Waals surface area contributed by atoms with Gasteiger partial charge in [-0.15, -0.1) is 6.58 Å². The number of hydrogen-bond donors (Lipinski definition) is 1. The molecule has 0 saturated carbocycles. The second kappa shape index (κ2) is 5.43. The molecular formula is C10H15N3. The molecule has 0 aromatic carbocycles. The Labute approximate surface area is 78.9 Å². The number of hydrogen-bond acceptors (Lipinski definition) is 3. The van der Waals surface area contributed by atoms with Gasteiger partial charge in [0.25, 0.3) is 0 Å². The van der Waals surface area contributed by atoms with E-state index in [9.17, 15) is 0 Å². The fraction of sp³-hybridized carbons (Fsp3) is 0.400. The van der Waals surface area contributed by atoms with Crippen molar-refractivity contribution in [2.45, 2.75) is 25.9 Å². The maximum Gasteiger partial charge on any atom is 0.115 e. The van der Waals surface area contributed by atoms with Crippen LogP contribution in [-0.4, -0.2) is 16.0 Å². The third-order valence-corrected chi connectivity index (χ3v) is 1.79. The van der Waals surface area contributed by atoms with E-state index in [0.29, 0.717) is 6.04 Å². The summed E-state index contributed by atoms with van der Waals surface area (Å²) in [7, 11) is 0. The van der Waals surface area contributed by atoms with E-state index in [1.807, 2.05) is 18.5 Å².